The molecule has 6 heteroatoms. The standard InChI is InChI=1S/C25H30O6/c1-2-4-22-18(3-1)5-7-23(22)19-6-8-24(28-11-9-26-14-20-16-30-20)25(13-19)29-12-10-27-15-21-17-31-21/h1-4,6,8,13,20-21,23H,5,7,9-12,14-17H2. The fraction of sp³-hybridized carbons (Fsp3) is 0.520. The van der Waals surface area contributed by atoms with Crippen molar-refractivity contribution in [1.29, 1.82) is 0 Å². The fourth-order valence-electron chi connectivity index (χ4n) is 4.06. The van der Waals surface area contributed by atoms with Crippen LogP contribution in [0.4, 0.5) is 0 Å². The minimum Gasteiger partial charge on any atom is -0.487 e. The third-order valence-corrected chi connectivity index (χ3v) is 5.89. The quantitative estimate of drug-likeness (QED) is 0.362. The topological polar surface area (TPSA) is 62.0 Å². The summed E-state index contributed by atoms with van der Waals surface area (Å²) in [5.74, 6) is 1.91. The molecule has 0 spiro atoms. The van der Waals surface area contributed by atoms with Crippen LogP contribution in [0.3, 0.4) is 0 Å². The molecule has 0 aromatic heterocycles. The van der Waals surface area contributed by atoms with Crippen LogP contribution in [0.5, 0.6) is 11.5 Å². The summed E-state index contributed by atoms with van der Waals surface area (Å²) in [5.41, 5.74) is 4.13. The molecule has 0 radical (unpaired) electrons. The average molecular weight is 427 g/mol. The summed E-state index contributed by atoms with van der Waals surface area (Å²) >= 11 is 0. The number of ether oxygens (including phenoxy) is 6. The molecule has 2 aliphatic heterocycles. The minimum absolute atomic E-state index is 0.269. The monoisotopic (exact) mass is 426 g/mol. The fourth-order valence-corrected chi connectivity index (χ4v) is 4.06. The maximum Gasteiger partial charge on any atom is 0.161 e. The van der Waals surface area contributed by atoms with Crippen molar-refractivity contribution in [3.8, 4) is 11.5 Å². The minimum atomic E-state index is 0.269. The zero-order chi connectivity index (χ0) is 20.9. The first-order chi connectivity index (χ1) is 15.4. The van der Waals surface area contributed by atoms with Crippen LogP contribution in [0.1, 0.15) is 29.0 Å². The highest BCUT2D eigenvalue weighted by Gasteiger charge is 2.25. The Balaban J connectivity index is 1.22. The Morgan fingerprint density at radius 3 is 2.16 bits per heavy atom. The number of aryl methyl sites for hydroxylation is 1. The van der Waals surface area contributed by atoms with E-state index in [1.54, 1.807) is 0 Å². The van der Waals surface area contributed by atoms with Gasteiger partial charge in [0, 0.05) is 5.92 Å². The van der Waals surface area contributed by atoms with Gasteiger partial charge in [-0.05, 0) is 41.7 Å². The molecule has 1 aliphatic carbocycles. The van der Waals surface area contributed by atoms with Gasteiger partial charge in [-0.3, -0.25) is 0 Å². The Morgan fingerprint density at radius 2 is 1.45 bits per heavy atom. The van der Waals surface area contributed by atoms with Crippen LogP contribution >= 0.6 is 0 Å². The smallest absolute Gasteiger partial charge is 0.161 e. The lowest BCUT2D eigenvalue weighted by molar-refractivity contribution is 0.0801. The van der Waals surface area contributed by atoms with Crippen LogP contribution in [-0.4, -0.2) is 65.1 Å². The number of rotatable bonds is 13. The molecule has 31 heavy (non-hydrogen) atoms. The third kappa shape index (κ3) is 5.77. The van der Waals surface area contributed by atoms with Crippen LogP contribution in [0.15, 0.2) is 42.5 Å². The number of epoxide rings is 2. The van der Waals surface area contributed by atoms with Crippen LogP contribution in [0.2, 0.25) is 0 Å². The SMILES string of the molecule is c1ccc2c(c1)CCC2c1ccc(OCCOCC2CO2)c(OCCOCC2CO2)c1. The van der Waals surface area contributed by atoms with Crippen LogP contribution < -0.4 is 9.47 Å². The predicted molar refractivity (Wildman–Crippen MR) is 115 cm³/mol. The Kier molecular flexibility index (Phi) is 6.70. The van der Waals surface area contributed by atoms with Gasteiger partial charge < -0.3 is 28.4 Å². The van der Waals surface area contributed by atoms with Crippen molar-refractivity contribution < 1.29 is 28.4 Å². The lowest BCUT2D eigenvalue weighted by atomic mass is 9.93. The van der Waals surface area contributed by atoms with Gasteiger partial charge in [-0.25, -0.2) is 0 Å². The molecule has 0 amide bonds. The molecule has 5 rings (SSSR count). The van der Waals surface area contributed by atoms with E-state index in [-0.39, 0.29) is 12.2 Å². The van der Waals surface area contributed by atoms with Gasteiger partial charge in [-0.15, -0.1) is 0 Å². The molecule has 2 aromatic carbocycles. The van der Waals surface area contributed by atoms with E-state index >= 15 is 0 Å². The maximum atomic E-state index is 6.08. The van der Waals surface area contributed by atoms with Crippen molar-refractivity contribution in [3.05, 3.63) is 59.2 Å². The predicted octanol–water partition coefficient (Wildman–Crippen LogP) is 3.35. The first-order valence-corrected chi connectivity index (χ1v) is 11.2. The van der Waals surface area contributed by atoms with E-state index < -0.39 is 0 Å². The molecule has 0 saturated carbocycles. The van der Waals surface area contributed by atoms with Crippen molar-refractivity contribution in [2.75, 3.05) is 52.9 Å². The second-order valence-electron chi connectivity index (χ2n) is 8.25. The van der Waals surface area contributed by atoms with Crippen molar-refractivity contribution in [2.24, 2.45) is 0 Å². The van der Waals surface area contributed by atoms with Gasteiger partial charge in [0.15, 0.2) is 11.5 Å². The Bertz CT molecular complexity index is 861. The summed E-state index contributed by atoms with van der Waals surface area (Å²) in [6.07, 6.45) is 2.79. The summed E-state index contributed by atoms with van der Waals surface area (Å²) in [6, 6.07) is 15.0. The molecule has 0 bridgehead atoms. The molecule has 2 fully saturated rings. The Labute approximate surface area is 183 Å². The molecular formula is C25H30O6. The number of hydrogen-bond donors (Lipinski definition) is 0. The van der Waals surface area contributed by atoms with Crippen LogP contribution in [-0.2, 0) is 25.4 Å². The summed E-state index contributed by atoms with van der Waals surface area (Å²) in [7, 11) is 0. The summed E-state index contributed by atoms with van der Waals surface area (Å²) in [4.78, 5) is 0. The molecule has 2 aromatic rings. The number of fused-ring (bicyclic) bond motifs is 1. The lowest BCUT2D eigenvalue weighted by Gasteiger charge is -2.17. The van der Waals surface area contributed by atoms with Crippen molar-refractivity contribution in [2.45, 2.75) is 31.0 Å². The summed E-state index contributed by atoms with van der Waals surface area (Å²) in [6.45, 7) is 4.88. The van der Waals surface area contributed by atoms with E-state index in [0.29, 0.717) is 45.6 Å². The van der Waals surface area contributed by atoms with Crippen molar-refractivity contribution in [3.63, 3.8) is 0 Å². The molecule has 3 unspecified atom stereocenters. The molecule has 0 N–H and O–H groups in total. The molecule has 166 valence electrons. The van der Waals surface area contributed by atoms with Crippen LogP contribution in [0, 0.1) is 0 Å². The molecule has 3 atom stereocenters. The third-order valence-electron chi connectivity index (χ3n) is 5.89. The van der Waals surface area contributed by atoms with E-state index in [1.165, 1.54) is 16.7 Å². The number of hydrogen-bond acceptors (Lipinski definition) is 6. The van der Waals surface area contributed by atoms with Gasteiger partial charge in [0.05, 0.1) is 39.6 Å². The molecule has 6 nitrogen and oxygen atoms in total. The zero-order valence-corrected chi connectivity index (χ0v) is 17.8. The van der Waals surface area contributed by atoms with Crippen molar-refractivity contribution in [1.82, 2.24) is 0 Å². The van der Waals surface area contributed by atoms with E-state index in [4.69, 9.17) is 28.4 Å². The summed E-state index contributed by atoms with van der Waals surface area (Å²) < 4.78 is 33.6. The Hall–Kier alpha value is -2.12. The highest BCUT2D eigenvalue weighted by atomic mass is 16.6. The highest BCUT2D eigenvalue weighted by Crippen LogP contribution is 2.40. The van der Waals surface area contributed by atoms with Gasteiger partial charge in [-0.1, -0.05) is 30.3 Å². The van der Waals surface area contributed by atoms with E-state index in [2.05, 4.69) is 36.4 Å². The average Bonchev–Trinajstić information content (AvgIpc) is 3.73. The van der Waals surface area contributed by atoms with E-state index in [9.17, 15) is 0 Å². The molecule has 2 heterocycles. The highest BCUT2D eigenvalue weighted by molar-refractivity contribution is 5.49. The number of benzene rings is 2. The van der Waals surface area contributed by atoms with Gasteiger partial charge in [-0.2, -0.15) is 0 Å². The normalized spacial score (nSPS) is 23.4. The second kappa shape index (κ2) is 10.0. The van der Waals surface area contributed by atoms with Crippen LogP contribution in [0.25, 0.3) is 0 Å². The molecule has 2 saturated heterocycles. The Morgan fingerprint density at radius 1 is 0.774 bits per heavy atom. The first-order valence-electron chi connectivity index (χ1n) is 11.2. The largest absolute Gasteiger partial charge is 0.487 e. The van der Waals surface area contributed by atoms with Gasteiger partial charge >= 0.3 is 0 Å². The lowest BCUT2D eigenvalue weighted by Crippen LogP contribution is -2.13. The van der Waals surface area contributed by atoms with Gasteiger partial charge in [0.2, 0.25) is 0 Å². The maximum absolute atomic E-state index is 6.08. The zero-order valence-electron chi connectivity index (χ0n) is 17.8. The van der Waals surface area contributed by atoms with E-state index in [1.807, 2.05) is 6.07 Å². The summed E-state index contributed by atoms with van der Waals surface area (Å²) in [5, 5.41) is 0. The first kappa shape index (κ1) is 20.8. The van der Waals surface area contributed by atoms with Crippen molar-refractivity contribution >= 4 is 0 Å². The second-order valence-corrected chi connectivity index (χ2v) is 8.25. The molecule has 3 aliphatic rings. The van der Waals surface area contributed by atoms with E-state index in [0.717, 1.165) is 37.6 Å². The van der Waals surface area contributed by atoms with Gasteiger partial charge in [0.1, 0.15) is 25.4 Å². The van der Waals surface area contributed by atoms with Gasteiger partial charge in [0.25, 0.3) is 0 Å². The molecular weight excluding hydrogens is 396 g/mol.